The van der Waals surface area contributed by atoms with Crippen LogP contribution in [0.4, 0.5) is 0 Å². The second-order valence-corrected chi connectivity index (χ2v) is 3.39. The van der Waals surface area contributed by atoms with E-state index in [4.69, 9.17) is 21.6 Å². The number of nitrogens with zero attached hydrogens (tertiary/aromatic N) is 1. The Balaban J connectivity index is 2.55. The van der Waals surface area contributed by atoms with E-state index in [0.717, 1.165) is 11.3 Å². The second-order valence-electron chi connectivity index (χ2n) is 3.12. The molecule has 0 amide bonds. The van der Waals surface area contributed by atoms with Gasteiger partial charge in [-0.25, -0.2) is 0 Å². The first kappa shape index (κ1) is 10.9. The quantitative estimate of drug-likeness (QED) is 0.715. The van der Waals surface area contributed by atoms with Crippen molar-refractivity contribution in [3.05, 3.63) is 29.8 Å². The molecule has 0 aromatic heterocycles. The van der Waals surface area contributed by atoms with Gasteiger partial charge in [-0.3, -0.25) is 0 Å². The van der Waals surface area contributed by atoms with Crippen molar-refractivity contribution in [1.82, 2.24) is 0 Å². The van der Waals surface area contributed by atoms with Gasteiger partial charge in [-0.15, -0.1) is 11.6 Å². The molecule has 1 rings (SSSR count). The minimum Gasteiger partial charge on any atom is -0.492 e. The molecule has 1 unspecified atom stereocenters. The van der Waals surface area contributed by atoms with Gasteiger partial charge < -0.3 is 4.74 Å². The molecular weight excluding hydrogens is 198 g/mol. The molecule has 1 aromatic rings. The summed E-state index contributed by atoms with van der Waals surface area (Å²) in [5.74, 6) is 1.16. The van der Waals surface area contributed by atoms with E-state index in [9.17, 15) is 0 Å². The van der Waals surface area contributed by atoms with Crippen LogP contribution in [0.15, 0.2) is 24.3 Å². The number of benzene rings is 1. The maximum atomic E-state index is 8.56. The summed E-state index contributed by atoms with van der Waals surface area (Å²) in [7, 11) is 0. The molecule has 0 radical (unpaired) electrons. The van der Waals surface area contributed by atoms with Crippen LogP contribution >= 0.6 is 11.6 Å². The maximum absolute atomic E-state index is 8.56. The van der Waals surface area contributed by atoms with E-state index in [1.54, 1.807) is 0 Å². The highest BCUT2D eigenvalue weighted by atomic mass is 35.5. The Bertz CT molecular complexity index is 332. The molecule has 3 heteroatoms. The SMILES string of the molecule is CC(C#N)COc1cccc(CCl)c1. The van der Waals surface area contributed by atoms with Crippen LogP contribution in [0, 0.1) is 17.2 Å². The highest BCUT2D eigenvalue weighted by Gasteiger charge is 2.01. The number of ether oxygens (including phenoxy) is 1. The number of hydrogen-bond acceptors (Lipinski definition) is 2. The zero-order valence-corrected chi connectivity index (χ0v) is 8.79. The Hall–Kier alpha value is -1.20. The summed E-state index contributed by atoms with van der Waals surface area (Å²) in [4.78, 5) is 0. The summed E-state index contributed by atoms with van der Waals surface area (Å²) in [6.07, 6.45) is 0. The van der Waals surface area contributed by atoms with Gasteiger partial charge in [0, 0.05) is 5.88 Å². The molecule has 2 nitrogen and oxygen atoms in total. The van der Waals surface area contributed by atoms with Crippen molar-refractivity contribution >= 4 is 11.6 Å². The van der Waals surface area contributed by atoms with Crippen molar-refractivity contribution in [3.63, 3.8) is 0 Å². The highest BCUT2D eigenvalue weighted by molar-refractivity contribution is 6.17. The Morgan fingerprint density at radius 2 is 2.36 bits per heavy atom. The first-order valence-corrected chi connectivity index (χ1v) is 4.97. The second kappa shape index (κ2) is 5.51. The van der Waals surface area contributed by atoms with Gasteiger partial charge in [-0.1, -0.05) is 12.1 Å². The third-order valence-electron chi connectivity index (χ3n) is 1.77. The molecule has 0 heterocycles. The topological polar surface area (TPSA) is 33.0 Å². The summed E-state index contributed by atoms with van der Waals surface area (Å²) in [5.41, 5.74) is 1.02. The van der Waals surface area contributed by atoms with Crippen LogP contribution in [0.1, 0.15) is 12.5 Å². The first-order chi connectivity index (χ1) is 6.76. The lowest BCUT2D eigenvalue weighted by atomic mass is 10.2. The molecule has 14 heavy (non-hydrogen) atoms. The summed E-state index contributed by atoms with van der Waals surface area (Å²) in [6, 6.07) is 9.69. The van der Waals surface area contributed by atoms with Gasteiger partial charge in [-0.05, 0) is 24.6 Å². The summed E-state index contributed by atoms with van der Waals surface area (Å²) >= 11 is 5.68. The molecule has 0 aliphatic carbocycles. The maximum Gasteiger partial charge on any atom is 0.119 e. The van der Waals surface area contributed by atoms with Crippen molar-refractivity contribution in [3.8, 4) is 11.8 Å². The summed E-state index contributed by atoms with van der Waals surface area (Å²) in [6.45, 7) is 2.24. The largest absolute Gasteiger partial charge is 0.492 e. The number of alkyl halides is 1. The molecule has 0 spiro atoms. The Morgan fingerprint density at radius 1 is 1.57 bits per heavy atom. The number of nitriles is 1. The van der Waals surface area contributed by atoms with Gasteiger partial charge in [0.1, 0.15) is 12.4 Å². The predicted molar refractivity (Wildman–Crippen MR) is 56.3 cm³/mol. The normalized spacial score (nSPS) is 11.8. The van der Waals surface area contributed by atoms with E-state index < -0.39 is 0 Å². The van der Waals surface area contributed by atoms with Crippen LogP contribution in [0.5, 0.6) is 5.75 Å². The molecule has 0 fully saturated rings. The third kappa shape index (κ3) is 3.27. The average Bonchev–Trinajstić information content (AvgIpc) is 2.26. The fourth-order valence-corrected chi connectivity index (χ4v) is 1.14. The molecule has 0 saturated carbocycles. The molecule has 1 aromatic carbocycles. The molecular formula is C11H12ClNO. The van der Waals surface area contributed by atoms with Gasteiger partial charge in [0.15, 0.2) is 0 Å². The summed E-state index contributed by atoms with van der Waals surface area (Å²) in [5, 5.41) is 8.56. The van der Waals surface area contributed by atoms with Gasteiger partial charge >= 0.3 is 0 Å². The lowest BCUT2D eigenvalue weighted by molar-refractivity contribution is 0.288. The van der Waals surface area contributed by atoms with Gasteiger partial charge in [0.05, 0.1) is 12.0 Å². The van der Waals surface area contributed by atoms with Crippen LogP contribution < -0.4 is 4.74 Å². The fourth-order valence-electron chi connectivity index (χ4n) is 0.977. The number of rotatable bonds is 4. The zero-order chi connectivity index (χ0) is 10.4. The zero-order valence-electron chi connectivity index (χ0n) is 8.03. The van der Waals surface area contributed by atoms with Crippen LogP contribution in [0.25, 0.3) is 0 Å². The molecule has 1 atom stereocenters. The molecule has 0 aliphatic heterocycles. The van der Waals surface area contributed by atoms with Crippen LogP contribution in [0.2, 0.25) is 0 Å². The first-order valence-electron chi connectivity index (χ1n) is 4.43. The average molecular weight is 210 g/mol. The van der Waals surface area contributed by atoms with Crippen LogP contribution in [0.3, 0.4) is 0 Å². The van der Waals surface area contributed by atoms with E-state index in [2.05, 4.69) is 6.07 Å². The highest BCUT2D eigenvalue weighted by Crippen LogP contribution is 2.15. The predicted octanol–water partition coefficient (Wildman–Crippen LogP) is 2.96. The van der Waals surface area contributed by atoms with Crippen LogP contribution in [-0.2, 0) is 5.88 Å². The number of hydrogen-bond donors (Lipinski definition) is 0. The summed E-state index contributed by atoms with van der Waals surface area (Å²) < 4.78 is 5.42. The monoisotopic (exact) mass is 209 g/mol. The minimum absolute atomic E-state index is 0.0883. The van der Waals surface area contributed by atoms with Crippen molar-refractivity contribution in [2.24, 2.45) is 5.92 Å². The van der Waals surface area contributed by atoms with E-state index in [-0.39, 0.29) is 5.92 Å². The van der Waals surface area contributed by atoms with E-state index in [0.29, 0.717) is 12.5 Å². The fraction of sp³-hybridized carbons (Fsp3) is 0.364. The van der Waals surface area contributed by atoms with E-state index >= 15 is 0 Å². The Labute approximate surface area is 89.1 Å². The van der Waals surface area contributed by atoms with E-state index in [1.165, 1.54) is 0 Å². The molecule has 74 valence electrons. The van der Waals surface area contributed by atoms with Gasteiger partial charge in [-0.2, -0.15) is 5.26 Å². The smallest absolute Gasteiger partial charge is 0.119 e. The molecule has 0 saturated heterocycles. The van der Waals surface area contributed by atoms with Gasteiger partial charge in [0.2, 0.25) is 0 Å². The molecule has 0 aliphatic rings. The lowest BCUT2D eigenvalue weighted by Gasteiger charge is -2.07. The van der Waals surface area contributed by atoms with Gasteiger partial charge in [0.25, 0.3) is 0 Å². The van der Waals surface area contributed by atoms with Crippen molar-refractivity contribution in [2.45, 2.75) is 12.8 Å². The van der Waals surface area contributed by atoms with Crippen molar-refractivity contribution in [2.75, 3.05) is 6.61 Å². The van der Waals surface area contributed by atoms with Crippen molar-refractivity contribution < 1.29 is 4.74 Å². The van der Waals surface area contributed by atoms with E-state index in [1.807, 2.05) is 31.2 Å². The van der Waals surface area contributed by atoms with Crippen molar-refractivity contribution in [1.29, 1.82) is 5.26 Å². The Morgan fingerprint density at radius 3 is 3.00 bits per heavy atom. The standard InChI is InChI=1S/C11H12ClNO/c1-9(7-13)8-14-11-4-2-3-10(5-11)6-12/h2-5,9H,6,8H2,1H3. The number of halogens is 1. The molecule has 0 N–H and O–H groups in total. The lowest BCUT2D eigenvalue weighted by Crippen LogP contribution is -2.06. The van der Waals surface area contributed by atoms with Crippen LogP contribution in [-0.4, -0.2) is 6.61 Å². The third-order valence-corrected chi connectivity index (χ3v) is 2.08. The molecule has 0 bridgehead atoms. The minimum atomic E-state index is -0.0883. The Kier molecular flexibility index (Phi) is 4.28.